The molecule has 6 heteroatoms. The van der Waals surface area contributed by atoms with E-state index in [0.717, 1.165) is 0 Å². The molecule has 1 aromatic rings. The van der Waals surface area contributed by atoms with Crippen molar-refractivity contribution in [1.29, 1.82) is 0 Å². The Balaban J connectivity index is 0.00000180. The Morgan fingerprint density at radius 1 is 1.21 bits per heavy atom. The van der Waals surface area contributed by atoms with Crippen molar-refractivity contribution >= 4 is 24.0 Å². The number of benzene rings is 1. The molecule has 4 nitrogen and oxygen atoms in total. The van der Waals surface area contributed by atoms with Crippen LogP contribution in [-0.2, 0) is 4.79 Å². The van der Waals surface area contributed by atoms with Gasteiger partial charge in [-0.2, -0.15) is 0 Å². The second-order valence-corrected chi connectivity index (χ2v) is 4.36. The summed E-state index contributed by atoms with van der Waals surface area (Å²) in [6.45, 7) is 2.97. The Hall–Kier alpha value is -1.33. The molecule has 1 aliphatic heterocycles. The van der Waals surface area contributed by atoms with Crippen LogP contribution in [0.4, 0.5) is 10.1 Å². The minimum Gasteiger partial charge on any atom is -0.366 e. The maximum Gasteiger partial charge on any atom is 0.223 e. The van der Waals surface area contributed by atoms with Crippen molar-refractivity contribution in [1.82, 2.24) is 4.90 Å². The molecule has 0 spiro atoms. The maximum atomic E-state index is 13.6. The van der Waals surface area contributed by atoms with Crippen LogP contribution in [0.1, 0.15) is 6.42 Å². The number of rotatable bonds is 3. The van der Waals surface area contributed by atoms with Gasteiger partial charge in [0.2, 0.25) is 5.91 Å². The Kier molecular flexibility index (Phi) is 6.05. The smallest absolute Gasteiger partial charge is 0.223 e. The molecule has 1 fully saturated rings. The number of hydrogen-bond acceptors (Lipinski definition) is 3. The molecule has 1 amide bonds. The Labute approximate surface area is 118 Å². The summed E-state index contributed by atoms with van der Waals surface area (Å²) in [5.41, 5.74) is 5.98. The van der Waals surface area contributed by atoms with Crippen molar-refractivity contribution in [2.45, 2.75) is 6.42 Å². The lowest BCUT2D eigenvalue weighted by Crippen LogP contribution is -2.49. The minimum atomic E-state index is -0.209. The summed E-state index contributed by atoms with van der Waals surface area (Å²) in [6, 6.07) is 6.73. The highest BCUT2D eigenvalue weighted by Gasteiger charge is 2.21. The monoisotopic (exact) mass is 287 g/mol. The molecule has 0 aromatic heterocycles. The topological polar surface area (TPSA) is 49.6 Å². The fourth-order valence-corrected chi connectivity index (χ4v) is 2.19. The van der Waals surface area contributed by atoms with Crippen molar-refractivity contribution in [2.75, 3.05) is 37.6 Å². The SMILES string of the molecule is Cl.NCCC(=O)N1CCN(c2ccccc2F)CC1. The first-order valence-electron chi connectivity index (χ1n) is 6.19. The van der Waals surface area contributed by atoms with Gasteiger partial charge in [0, 0.05) is 39.1 Å². The molecule has 0 atom stereocenters. The van der Waals surface area contributed by atoms with Gasteiger partial charge in [0.1, 0.15) is 5.82 Å². The van der Waals surface area contributed by atoms with Gasteiger partial charge >= 0.3 is 0 Å². The lowest BCUT2D eigenvalue weighted by molar-refractivity contribution is -0.131. The lowest BCUT2D eigenvalue weighted by atomic mass is 10.2. The van der Waals surface area contributed by atoms with Gasteiger partial charge < -0.3 is 15.5 Å². The molecule has 0 radical (unpaired) electrons. The van der Waals surface area contributed by atoms with Crippen molar-refractivity contribution < 1.29 is 9.18 Å². The van der Waals surface area contributed by atoms with E-state index in [-0.39, 0.29) is 24.1 Å². The van der Waals surface area contributed by atoms with Gasteiger partial charge in [-0.3, -0.25) is 4.79 Å². The van der Waals surface area contributed by atoms with Crippen LogP contribution in [0.3, 0.4) is 0 Å². The quantitative estimate of drug-likeness (QED) is 0.910. The predicted molar refractivity (Wildman–Crippen MR) is 76.1 cm³/mol. The van der Waals surface area contributed by atoms with Gasteiger partial charge in [0.25, 0.3) is 0 Å². The average Bonchev–Trinajstić information content (AvgIpc) is 2.40. The van der Waals surface area contributed by atoms with E-state index in [0.29, 0.717) is 44.8 Å². The van der Waals surface area contributed by atoms with E-state index < -0.39 is 0 Å². The molecular formula is C13H19ClFN3O. The number of halogens is 2. The van der Waals surface area contributed by atoms with Crippen LogP contribution in [0, 0.1) is 5.82 Å². The van der Waals surface area contributed by atoms with Gasteiger partial charge in [-0.05, 0) is 12.1 Å². The summed E-state index contributed by atoms with van der Waals surface area (Å²) in [7, 11) is 0. The molecule has 0 aliphatic carbocycles. The number of amides is 1. The number of nitrogens with zero attached hydrogens (tertiary/aromatic N) is 2. The van der Waals surface area contributed by atoms with Crippen LogP contribution in [0.25, 0.3) is 0 Å². The van der Waals surface area contributed by atoms with E-state index in [2.05, 4.69) is 0 Å². The molecule has 0 unspecified atom stereocenters. The van der Waals surface area contributed by atoms with Gasteiger partial charge in [-0.15, -0.1) is 12.4 Å². The van der Waals surface area contributed by atoms with Crippen molar-refractivity contribution in [3.05, 3.63) is 30.1 Å². The fraction of sp³-hybridized carbons (Fsp3) is 0.462. The maximum absolute atomic E-state index is 13.6. The summed E-state index contributed by atoms with van der Waals surface area (Å²) in [4.78, 5) is 15.4. The highest BCUT2D eigenvalue weighted by atomic mass is 35.5. The zero-order valence-electron chi connectivity index (χ0n) is 10.7. The Bertz CT molecular complexity index is 422. The number of carbonyl (C=O) groups excluding carboxylic acids is 1. The van der Waals surface area contributed by atoms with Crippen molar-refractivity contribution in [3.8, 4) is 0 Å². The summed E-state index contributed by atoms with van der Waals surface area (Å²) in [5.74, 6) is -0.120. The standard InChI is InChI=1S/C13H18FN3O.ClH/c14-11-3-1-2-4-12(11)16-7-9-17(10-8-16)13(18)5-6-15;/h1-4H,5-10,15H2;1H. The molecule has 2 N–H and O–H groups in total. The molecule has 19 heavy (non-hydrogen) atoms. The summed E-state index contributed by atoms with van der Waals surface area (Å²) < 4.78 is 13.6. The second kappa shape index (κ2) is 7.31. The number of piperazine rings is 1. The normalized spacial score (nSPS) is 15.1. The second-order valence-electron chi connectivity index (χ2n) is 4.36. The summed E-state index contributed by atoms with van der Waals surface area (Å²) in [6.07, 6.45) is 0.389. The van der Waals surface area contributed by atoms with E-state index in [1.54, 1.807) is 17.0 Å². The minimum absolute atomic E-state index is 0. The van der Waals surface area contributed by atoms with Gasteiger partial charge in [-0.25, -0.2) is 4.39 Å². The van der Waals surface area contributed by atoms with E-state index in [1.807, 2.05) is 11.0 Å². The van der Waals surface area contributed by atoms with Crippen LogP contribution in [-0.4, -0.2) is 43.5 Å². The highest BCUT2D eigenvalue weighted by Crippen LogP contribution is 2.20. The van der Waals surface area contributed by atoms with Crippen molar-refractivity contribution in [2.24, 2.45) is 5.73 Å². The van der Waals surface area contributed by atoms with Gasteiger partial charge in [0.15, 0.2) is 0 Å². The van der Waals surface area contributed by atoms with E-state index in [9.17, 15) is 9.18 Å². The largest absolute Gasteiger partial charge is 0.366 e. The first kappa shape index (κ1) is 15.7. The molecule has 2 rings (SSSR count). The fourth-order valence-electron chi connectivity index (χ4n) is 2.19. The Morgan fingerprint density at radius 2 is 1.84 bits per heavy atom. The molecule has 1 aromatic carbocycles. The number of carbonyl (C=O) groups is 1. The zero-order valence-corrected chi connectivity index (χ0v) is 11.5. The van der Waals surface area contributed by atoms with Gasteiger partial charge in [0.05, 0.1) is 5.69 Å². The van der Waals surface area contributed by atoms with Crippen LogP contribution in [0.15, 0.2) is 24.3 Å². The van der Waals surface area contributed by atoms with E-state index in [1.165, 1.54) is 6.07 Å². The number of para-hydroxylation sites is 1. The number of nitrogens with two attached hydrogens (primary N) is 1. The first-order valence-corrected chi connectivity index (χ1v) is 6.19. The van der Waals surface area contributed by atoms with Crippen LogP contribution >= 0.6 is 12.4 Å². The predicted octanol–water partition coefficient (Wildman–Crippen LogP) is 1.24. The van der Waals surface area contributed by atoms with Crippen LogP contribution in [0.5, 0.6) is 0 Å². The number of hydrogen-bond donors (Lipinski definition) is 1. The van der Waals surface area contributed by atoms with Crippen LogP contribution in [0.2, 0.25) is 0 Å². The molecule has 1 heterocycles. The molecule has 106 valence electrons. The van der Waals surface area contributed by atoms with Crippen molar-refractivity contribution in [3.63, 3.8) is 0 Å². The summed E-state index contributed by atoms with van der Waals surface area (Å²) >= 11 is 0. The van der Waals surface area contributed by atoms with E-state index in [4.69, 9.17) is 5.73 Å². The van der Waals surface area contributed by atoms with Gasteiger partial charge in [-0.1, -0.05) is 12.1 Å². The highest BCUT2D eigenvalue weighted by molar-refractivity contribution is 5.85. The third-order valence-corrected chi connectivity index (χ3v) is 3.18. The number of anilines is 1. The van der Waals surface area contributed by atoms with Crippen LogP contribution < -0.4 is 10.6 Å². The Morgan fingerprint density at radius 3 is 2.42 bits per heavy atom. The lowest BCUT2D eigenvalue weighted by Gasteiger charge is -2.36. The van der Waals surface area contributed by atoms with E-state index >= 15 is 0 Å². The summed E-state index contributed by atoms with van der Waals surface area (Å²) in [5, 5.41) is 0. The molecule has 0 bridgehead atoms. The zero-order chi connectivity index (χ0) is 13.0. The molecule has 0 saturated carbocycles. The third kappa shape index (κ3) is 3.81. The molecular weight excluding hydrogens is 269 g/mol. The molecule has 1 aliphatic rings. The average molecular weight is 288 g/mol. The third-order valence-electron chi connectivity index (χ3n) is 3.18. The molecule has 1 saturated heterocycles. The first-order chi connectivity index (χ1) is 8.72.